The molecular weight excluding hydrogens is 522 g/mol. The number of carbonyl (C=O) groups excluding carboxylic acids is 2. The lowest BCUT2D eigenvalue weighted by atomic mass is 9.92. The van der Waals surface area contributed by atoms with E-state index < -0.39 is 0 Å². The Hall–Kier alpha value is -2.48. The third-order valence-electron chi connectivity index (χ3n) is 8.80. The third-order valence-corrected chi connectivity index (χ3v) is 8.80. The van der Waals surface area contributed by atoms with Crippen molar-refractivity contribution in [3.05, 3.63) is 41.5 Å². The third kappa shape index (κ3) is 9.51. The minimum Gasteiger partial charge on any atom is -0.377 e. The molecule has 0 aromatic heterocycles. The summed E-state index contributed by atoms with van der Waals surface area (Å²) in [6, 6.07) is 10.2. The lowest BCUT2D eigenvalue weighted by Gasteiger charge is -2.28. The summed E-state index contributed by atoms with van der Waals surface area (Å²) < 4.78 is 0. The van der Waals surface area contributed by atoms with Gasteiger partial charge in [0.1, 0.15) is 0 Å². The zero-order valence-electron chi connectivity index (χ0n) is 26.9. The second-order valence-electron chi connectivity index (χ2n) is 12.5. The molecule has 2 atom stereocenters. The van der Waals surface area contributed by atoms with E-state index in [1.54, 1.807) is 0 Å². The second-order valence-corrected chi connectivity index (χ2v) is 12.5. The molecule has 2 aromatic carbocycles. The molecule has 4 N–H and O–H groups in total. The van der Waals surface area contributed by atoms with Crippen LogP contribution in [-0.2, 0) is 0 Å². The van der Waals surface area contributed by atoms with Crippen LogP contribution in [0.5, 0.6) is 0 Å². The maximum atomic E-state index is 13.3. The van der Waals surface area contributed by atoms with E-state index in [1.807, 2.05) is 49.3 Å². The minimum atomic E-state index is -0.168. The second kappa shape index (κ2) is 17.6. The number of anilines is 1. The largest absolute Gasteiger partial charge is 0.377 e. The number of amides is 2. The van der Waals surface area contributed by atoms with Crippen LogP contribution < -0.4 is 16.4 Å². The number of nitrogens with zero attached hydrogens (tertiary/aromatic N) is 3. The van der Waals surface area contributed by atoms with Crippen LogP contribution in [0.15, 0.2) is 30.3 Å². The smallest absolute Gasteiger partial charge is 0.261 e. The fourth-order valence-electron chi connectivity index (χ4n) is 6.11. The lowest BCUT2D eigenvalue weighted by Crippen LogP contribution is -2.41. The normalized spacial score (nSPS) is 14.7. The molecule has 7 nitrogen and oxygen atoms in total. The predicted molar refractivity (Wildman–Crippen MR) is 177 cm³/mol. The number of hydrogen-bond acceptors (Lipinski definition) is 6. The van der Waals surface area contributed by atoms with E-state index in [9.17, 15) is 9.59 Å². The van der Waals surface area contributed by atoms with Gasteiger partial charge in [0, 0.05) is 60.3 Å². The van der Waals surface area contributed by atoms with Crippen molar-refractivity contribution in [1.29, 1.82) is 0 Å². The maximum Gasteiger partial charge on any atom is 0.261 e. The van der Waals surface area contributed by atoms with Crippen molar-refractivity contribution < 1.29 is 9.59 Å². The van der Waals surface area contributed by atoms with Gasteiger partial charge in [0.15, 0.2) is 0 Å². The maximum absolute atomic E-state index is 13.3. The van der Waals surface area contributed by atoms with Gasteiger partial charge >= 0.3 is 0 Å². The Morgan fingerprint density at radius 3 is 1.86 bits per heavy atom. The van der Waals surface area contributed by atoms with E-state index >= 15 is 0 Å². The van der Waals surface area contributed by atoms with E-state index in [1.165, 1.54) is 30.6 Å². The summed E-state index contributed by atoms with van der Waals surface area (Å²) in [5.74, 6) is -0.335. The first-order valence-electron chi connectivity index (χ1n) is 16.6. The molecular formula is C35H57N5O2. The molecule has 0 bridgehead atoms. The van der Waals surface area contributed by atoms with Gasteiger partial charge in [0.25, 0.3) is 11.8 Å². The fraction of sp³-hybridized carbons (Fsp3) is 0.657. The van der Waals surface area contributed by atoms with Gasteiger partial charge in [0.2, 0.25) is 0 Å². The molecule has 0 spiro atoms. The molecule has 0 saturated heterocycles. The Bertz CT molecular complexity index is 1090. The van der Waals surface area contributed by atoms with Crippen LogP contribution in [0.25, 0.3) is 10.8 Å². The molecule has 234 valence electrons. The number of carbonyl (C=O) groups is 2. The van der Waals surface area contributed by atoms with Crippen molar-refractivity contribution >= 4 is 28.3 Å². The summed E-state index contributed by atoms with van der Waals surface area (Å²) in [5, 5.41) is 1.74. The zero-order chi connectivity index (χ0) is 30.5. The monoisotopic (exact) mass is 579 g/mol. The van der Waals surface area contributed by atoms with Gasteiger partial charge in [-0.3, -0.25) is 14.5 Å². The molecule has 3 rings (SSSR count). The Morgan fingerprint density at radius 2 is 1.26 bits per heavy atom. The molecule has 2 unspecified atom stereocenters. The molecule has 1 aliphatic rings. The Kier molecular flexibility index (Phi) is 14.2. The zero-order valence-corrected chi connectivity index (χ0v) is 26.9. The molecule has 0 saturated carbocycles. The van der Waals surface area contributed by atoms with Crippen LogP contribution in [0.4, 0.5) is 5.69 Å². The van der Waals surface area contributed by atoms with Crippen molar-refractivity contribution in [1.82, 2.24) is 9.80 Å². The molecule has 42 heavy (non-hydrogen) atoms. The SMILES string of the molecule is CCCCC(N)CCN(CCCCCCCN1C(=O)c2cccc3c(N(C)C)ccc(c23)C1=O)CCC(N)CCCC. The number of imide groups is 1. The highest BCUT2D eigenvalue weighted by Crippen LogP contribution is 2.35. The van der Waals surface area contributed by atoms with Crippen LogP contribution in [0.1, 0.15) is 118 Å². The number of benzene rings is 2. The van der Waals surface area contributed by atoms with E-state index in [0.717, 1.165) is 93.9 Å². The van der Waals surface area contributed by atoms with Crippen LogP contribution in [0, 0.1) is 0 Å². The summed E-state index contributed by atoms with van der Waals surface area (Å²) in [4.78, 5) is 32.7. The van der Waals surface area contributed by atoms with Gasteiger partial charge in [-0.15, -0.1) is 0 Å². The van der Waals surface area contributed by atoms with Crippen molar-refractivity contribution in [2.24, 2.45) is 11.5 Å². The Balaban J connectivity index is 1.44. The van der Waals surface area contributed by atoms with Crippen LogP contribution in [0.3, 0.4) is 0 Å². The topological polar surface area (TPSA) is 95.9 Å². The van der Waals surface area contributed by atoms with Crippen molar-refractivity contribution in [2.45, 2.75) is 109 Å². The summed E-state index contributed by atoms with van der Waals surface area (Å²) in [6.45, 7) is 8.10. The average molecular weight is 580 g/mol. The highest BCUT2D eigenvalue weighted by molar-refractivity contribution is 6.26. The molecule has 0 fully saturated rings. The quantitative estimate of drug-likeness (QED) is 0.128. The molecule has 0 radical (unpaired) electrons. The highest BCUT2D eigenvalue weighted by Gasteiger charge is 2.33. The molecule has 1 aliphatic heterocycles. The van der Waals surface area contributed by atoms with Gasteiger partial charge in [0.05, 0.1) is 0 Å². The molecule has 7 heteroatoms. The highest BCUT2D eigenvalue weighted by atomic mass is 16.2. The van der Waals surface area contributed by atoms with Gasteiger partial charge in [-0.25, -0.2) is 0 Å². The van der Waals surface area contributed by atoms with Gasteiger partial charge in [-0.1, -0.05) is 70.9 Å². The minimum absolute atomic E-state index is 0.168. The predicted octanol–water partition coefficient (Wildman–Crippen LogP) is 6.57. The molecule has 0 aliphatic carbocycles. The number of rotatable bonds is 21. The number of hydrogen-bond donors (Lipinski definition) is 2. The van der Waals surface area contributed by atoms with Crippen LogP contribution >= 0.6 is 0 Å². The standard InChI is InChI=1S/C35H57N5O2/c1-5-7-15-27(36)21-25-39(26-22-28(37)16-8-6-2)23-12-10-9-11-13-24-40-34(41)30-18-14-17-29-32(38(3)4)20-19-31(33(29)30)35(40)42/h14,17-20,27-28H,5-13,15-16,21-26,36-37H2,1-4H3. The van der Waals surface area contributed by atoms with Gasteiger partial charge in [-0.2, -0.15) is 0 Å². The van der Waals surface area contributed by atoms with E-state index in [0.29, 0.717) is 17.7 Å². The van der Waals surface area contributed by atoms with E-state index in [-0.39, 0.29) is 23.9 Å². The van der Waals surface area contributed by atoms with Crippen molar-refractivity contribution in [3.63, 3.8) is 0 Å². The molecule has 2 amide bonds. The summed E-state index contributed by atoms with van der Waals surface area (Å²) in [6.07, 6.45) is 14.4. The summed E-state index contributed by atoms with van der Waals surface area (Å²) in [7, 11) is 3.96. The average Bonchev–Trinajstić information content (AvgIpc) is 2.98. The Morgan fingerprint density at radius 1 is 0.690 bits per heavy atom. The van der Waals surface area contributed by atoms with E-state index in [2.05, 4.69) is 18.7 Å². The molecule has 1 heterocycles. The van der Waals surface area contributed by atoms with Crippen LogP contribution in [-0.4, -0.2) is 74.0 Å². The van der Waals surface area contributed by atoms with Crippen LogP contribution in [0.2, 0.25) is 0 Å². The van der Waals surface area contributed by atoms with Crippen molar-refractivity contribution in [3.8, 4) is 0 Å². The van der Waals surface area contributed by atoms with Crippen molar-refractivity contribution in [2.75, 3.05) is 45.2 Å². The Labute approximate surface area is 255 Å². The van der Waals surface area contributed by atoms with Gasteiger partial charge in [-0.05, 0) is 76.4 Å². The first-order valence-corrected chi connectivity index (χ1v) is 16.6. The summed E-state index contributed by atoms with van der Waals surface area (Å²) >= 11 is 0. The molecule has 2 aromatic rings. The van der Waals surface area contributed by atoms with Gasteiger partial charge < -0.3 is 21.3 Å². The lowest BCUT2D eigenvalue weighted by molar-refractivity contribution is 0.0607. The number of unbranched alkanes of at least 4 members (excludes halogenated alkanes) is 6. The fourth-order valence-corrected chi connectivity index (χ4v) is 6.11. The number of nitrogens with two attached hydrogens (primary N) is 2. The van der Waals surface area contributed by atoms with E-state index in [4.69, 9.17) is 11.5 Å². The first-order chi connectivity index (χ1) is 20.3. The summed E-state index contributed by atoms with van der Waals surface area (Å²) in [5.41, 5.74) is 15.0. The first kappa shape index (κ1) is 34.0.